The van der Waals surface area contributed by atoms with Crippen LogP contribution in [0.3, 0.4) is 0 Å². The van der Waals surface area contributed by atoms with Crippen molar-refractivity contribution < 1.29 is 13.2 Å². The summed E-state index contributed by atoms with van der Waals surface area (Å²) in [5.41, 5.74) is 0.928. The van der Waals surface area contributed by atoms with Gasteiger partial charge in [0, 0.05) is 36.2 Å². The first-order chi connectivity index (χ1) is 11.7. The van der Waals surface area contributed by atoms with E-state index in [1.807, 2.05) is 25.7 Å². The number of halogens is 3. The third-order valence-electron chi connectivity index (χ3n) is 4.37. The van der Waals surface area contributed by atoms with Crippen molar-refractivity contribution in [2.24, 2.45) is 0 Å². The molecule has 0 fully saturated rings. The van der Waals surface area contributed by atoms with Gasteiger partial charge in [-0.1, -0.05) is 26.8 Å². The lowest BCUT2D eigenvalue weighted by Crippen LogP contribution is -2.37. The Bertz CT molecular complexity index is 871. The monoisotopic (exact) mass is 351 g/mol. The number of nitrogens with one attached hydrogen (secondary N) is 1. The van der Waals surface area contributed by atoms with Crippen LogP contribution in [0.2, 0.25) is 0 Å². The highest BCUT2D eigenvalue weighted by Crippen LogP contribution is 2.23. The van der Waals surface area contributed by atoms with Crippen LogP contribution >= 0.6 is 0 Å². The maximum atomic E-state index is 13.9. The molecule has 1 N–H and O–H groups in total. The van der Waals surface area contributed by atoms with Crippen molar-refractivity contribution in [3.63, 3.8) is 0 Å². The Morgan fingerprint density at radius 1 is 1.20 bits per heavy atom. The molecular formula is C18H20F3N3O. The number of nitrogens with zero attached hydrogens (tertiary/aromatic N) is 2. The van der Waals surface area contributed by atoms with Crippen LogP contribution in [0.5, 0.6) is 0 Å². The van der Waals surface area contributed by atoms with E-state index in [9.17, 15) is 18.0 Å². The fourth-order valence-electron chi connectivity index (χ4n) is 2.91. The molecule has 1 aliphatic rings. The van der Waals surface area contributed by atoms with Gasteiger partial charge < -0.3 is 4.98 Å². The summed E-state index contributed by atoms with van der Waals surface area (Å²) < 4.78 is 40.3. The largest absolute Gasteiger partial charge is 0.310 e. The van der Waals surface area contributed by atoms with E-state index in [1.54, 1.807) is 0 Å². The van der Waals surface area contributed by atoms with Crippen LogP contribution in [0.4, 0.5) is 13.2 Å². The fraction of sp³-hybridized carbons (Fsp3) is 0.444. The number of rotatable bonds is 2. The molecule has 2 heterocycles. The summed E-state index contributed by atoms with van der Waals surface area (Å²) in [6.07, 6.45) is 0.480. The second-order valence-corrected chi connectivity index (χ2v) is 7.38. The molecule has 1 aromatic carbocycles. The molecule has 0 bridgehead atoms. The van der Waals surface area contributed by atoms with Crippen LogP contribution in [-0.4, -0.2) is 21.4 Å². The predicted octanol–water partition coefficient (Wildman–Crippen LogP) is 3.04. The Balaban J connectivity index is 1.87. The van der Waals surface area contributed by atoms with Crippen molar-refractivity contribution in [2.75, 3.05) is 6.54 Å². The SMILES string of the molecule is CC(C)(C)c1nc2c(c(=O)[nH]1)CCN(Cc1ccc(F)c(F)c1F)C2. The number of fused-ring (bicyclic) bond motifs is 1. The number of benzene rings is 1. The van der Waals surface area contributed by atoms with Crippen molar-refractivity contribution in [1.82, 2.24) is 14.9 Å². The number of hydrogen-bond donors (Lipinski definition) is 1. The van der Waals surface area contributed by atoms with Gasteiger partial charge in [0.2, 0.25) is 0 Å². The molecule has 0 saturated heterocycles. The highest BCUT2D eigenvalue weighted by molar-refractivity contribution is 5.24. The molecule has 25 heavy (non-hydrogen) atoms. The van der Waals surface area contributed by atoms with Gasteiger partial charge >= 0.3 is 0 Å². The Hall–Kier alpha value is -2.15. The number of hydrogen-bond acceptors (Lipinski definition) is 3. The topological polar surface area (TPSA) is 49.0 Å². The second kappa shape index (κ2) is 6.29. The Morgan fingerprint density at radius 2 is 1.92 bits per heavy atom. The molecule has 0 radical (unpaired) electrons. The maximum absolute atomic E-state index is 13.9. The molecule has 4 nitrogen and oxygen atoms in total. The minimum atomic E-state index is -1.46. The van der Waals surface area contributed by atoms with Gasteiger partial charge in [0.15, 0.2) is 17.5 Å². The average molecular weight is 351 g/mol. The summed E-state index contributed by atoms with van der Waals surface area (Å²) in [6.45, 7) is 6.87. The normalized spacial score (nSPS) is 15.3. The van der Waals surface area contributed by atoms with Gasteiger partial charge in [0.25, 0.3) is 5.56 Å². The van der Waals surface area contributed by atoms with Gasteiger partial charge in [-0.05, 0) is 12.5 Å². The molecule has 1 aromatic heterocycles. The molecule has 2 aromatic rings. The van der Waals surface area contributed by atoms with Crippen molar-refractivity contribution in [3.05, 3.63) is 62.6 Å². The molecule has 0 aliphatic carbocycles. The third-order valence-corrected chi connectivity index (χ3v) is 4.37. The predicted molar refractivity (Wildman–Crippen MR) is 87.7 cm³/mol. The molecule has 134 valence electrons. The smallest absolute Gasteiger partial charge is 0.254 e. The van der Waals surface area contributed by atoms with E-state index in [4.69, 9.17) is 0 Å². The third kappa shape index (κ3) is 3.46. The minimum Gasteiger partial charge on any atom is -0.310 e. The summed E-state index contributed by atoms with van der Waals surface area (Å²) >= 11 is 0. The van der Waals surface area contributed by atoms with Gasteiger partial charge in [-0.15, -0.1) is 0 Å². The lowest BCUT2D eigenvalue weighted by Gasteiger charge is -2.29. The van der Waals surface area contributed by atoms with Gasteiger partial charge in [-0.3, -0.25) is 9.69 Å². The van der Waals surface area contributed by atoms with Crippen molar-refractivity contribution in [2.45, 2.75) is 45.7 Å². The zero-order valence-electron chi connectivity index (χ0n) is 14.4. The van der Waals surface area contributed by atoms with E-state index in [-0.39, 0.29) is 23.1 Å². The fourth-order valence-corrected chi connectivity index (χ4v) is 2.91. The summed E-state index contributed by atoms with van der Waals surface area (Å²) in [4.78, 5) is 21.5. The molecule has 0 spiro atoms. The molecule has 1 aliphatic heterocycles. The van der Waals surface area contributed by atoms with E-state index in [1.165, 1.54) is 6.07 Å². The van der Waals surface area contributed by atoms with E-state index >= 15 is 0 Å². The van der Waals surface area contributed by atoms with Crippen LogP contribution in [0.15, 0.2) is 16.9 Å². The van der Waals surface area contributed by atoms with Crippen LogP contribution in [-0.2, 0) is 24.9 Å². The molecule has 3 rings (SSSR count). The van der Waals surface area contributed by atoms with Crippen LogP contribution < -0.4 is 5.56 Å². The summed E-state index contributed by atoms with van der Waals surface area (Å²) in [6, 6.07) is 2.17. The van der Waals surface area contributed by atoms with E-state index in [0.717, 1.165) is 6.07 Å². The molecule has 0 amide bonds. The standard InChI is InChI=1S/C18H20F3N3O/c1-18(2,3)17-22-13-9-24(7-6-11(13)16(25)23-17)8-10-4-5-12(19)15(21)14(10)20/h4-5H,6-9H2,1-3H3,(H,22,23,25). The highest BCUT2D eigenvalue weighted by Gasteiger charge is 2.25. The Morgan fingerprint density at radius 3 is 2.60 bits per heavy atom. The van der Waals surface area contributed by atoms with Crippen molar-refractivity contribution >= 4 is 0 Å². The molecular weight excluding hydrogens is 331 g/mol. The first kappa shape index (κ1) is 17.7. The summed E-state index contributed by atoms with van der Waals surface area (Å²) in [7, 11) is 0. The van der Waals surface area contributed by atoms with E-state index in [2.05, 4.69) is 9.97 Å². The van der Waals surface area contributed by atoms with Gasteiger partial charge in [-0.25, -0.2) is 18.2 Å². The quantitative estimate of drug-likeness (QED) is 0.846. The van der Waals surface area contributed by atoms with E-state index < -0.39 is 17.5 Å². The summed E-state index contributed by atoms with van der Waals surface area (Å²) in [5, 5.41) is 0. The lowest BCUT2D eigenvalue weighted by atomic mass is 9.95. The van der Waals surface area contributed by atoms with Crippen molar-refractivity contribution in [1.29, 1.82) is 0 Å². The molecule has 0 atom stereocenters. The molecule has 0 saturated carbocycles. The zero-order chi connectivity index (χ0) is 18.4. The first-order valence-corrected chi connectivity index (χ1v) is 8.14. The number of H-pyrrole nitrogens is 1. The highest BCUT2D eigenvalue weighted by atomic mass is 19.2. The summed E-state index contributed by atoms with van der Waals surface area (Å²) in [5.74, 6) is -3.23. The average Bonchev–Trinajstić information content (AvgIpc) is 2.54. The van der Waals surface area contributed by atoms with Crippen LogP contribution in [0.1, 0.15) is 43.4 Å². The first-order valence-electron chi connectivity index (χ1n) is 8.14. The van der Waals surface area contributed by atoms with Gasteiger partial charge in [0.05, 0.1) is 5.69 Å². The van der Waals surface area contributed by atoms with Gasteiger partial charge in [0.1, 0.15) is 5.82 Å². The zero-order valence-corrected chi connectivity index (χ0v) is 14.4. The second-order valence-electron chi connectivity index (χ2n) is 7.38. The maximum Gasteiger partial charge on any atom is 0.254 e. The Kier molecular flexibility index (Phi) is 4.45. The molecule has 7 heteroatoms. The van der Waals surface area contributed by atoms with Crippen LogP contribution in [0, 0.1) is 17.5 Å². The lowest BCUT2D eigenvalue weighted by molar-refractivity contribution is 0.234. The van der Waals surface area contributed by atoms with Crippen LogP contribution in [0.25, 0.3) is 0 Å². The molecule has 0 unspecified atom stereocenters. The number of aromatic nitrogens is 2. The Labute approximate surface area is 143 Å². The van der Waals surface area contributed by atoms with E-state index in [0.29, 0.717) is 36.6 Å². The minimum absolute atomic E-state index is 0.0863. The van der Waals surface area contributed by atoms with Crippen molar-refractivity contribution in [3.8, 4) is 0 Å². The number of aromatic amines is 1. The van der Waals surface area contributed by atoms with Gasteiger partial charge in [-0.2, -0.15) is 0 Å².